The van der Waals surface area contributed by atoms with Gasteiger partial charge in [-0.05, 0) is 37.1 Å². The Morgan fingerprint density at radius 1 is 1.00 bits per heavy atom. The molecule has 1 fully saturated rings. The van der Waals surface area contributed by atoms with Gasteiger partial charge in [-0.3, -0.25) is 5.32 Å². The molecule has 2 aromatic carbocycles. The number of hydrogen-bond donors (Lipinski definition) is 3. The van der Waals surface area contributed by atoms with Gasteiger partial charge in [0.2, 0.25) is 0 Å². The largest absolute Gasteiger partial charge is 0.421 e. The SMILES string of the molecule is O=C(Nc1ccc(F)cc1F)Nc1c(NC2CCCC2)c2ccccc2oc1=O. The molecular weight excluding hydrogens is 380 g/mol. The minimum Gasteiger partial charge on any atom is -0.421 e. The van der Waals surface area contributed by atoms with Crippen LogP contribution < -0.4 is 21.6 Å². The standard InChI is InChI=1S/C21H19F2N3O3/c22-12-9-10-16(15(23)11-12)25-21(28)26-19-18(24-13-5-1-2-6-13)14-7-3-4-8-17(14)29-20(19)27/h3-4,7-11,13,24H,1-2,5-6H2,(H2,25,26,28). The van der Waals surface area contributed by atoms with Crippen LogP contribution >= 0.6 is 0 Å². The summed E-state index contributed by atoms with van der Waals surface area (Å²) < 4.78 is 32.2. The molecule has 29 heavy (non-hydrogen) atoms. The van der Waals surface area contributed by atoms with Gasteiger partial charge in [0.05, 0.1) is 11.4 Å². The molecule has 1 heterocycles. The first-order chi connectivity index (χ1) is 14.0. The number of hydrogen-bond acceptors (Lipinski definition) is 4. The Bertz CT molecular complexity index is 1120. The van der Waals surface area contributed by atoms with Gasteiger partial charge in [-0.1, -0.05) is 25.0 Å². The van der Waals surface area contributed by atoms with E-state index in [2.05, 4.69) is 16.0 Å². The Balaban J connectivity index is 1.67. The van der Waals surface area contributed by atoms with Crippen molar-refractivity contribution in [1.82, 2.24) is 0 Å². The van der Waals surface area contributed by atoms with E-state index in [9.17, 15) is 18.4 Å². The number of carbonyl (C=O) groups is 1. The monoisotopic (exact) mass is 399 g/mol. The van der Waals surface area contributed by atoms with Crippen LogP contribution in [0.15, 0.2) is 51.7 Å². The summed E-state index contributed by atoms with van der Waals surface area (Å²) in [5, 5.41) is 8.75. The summed E-state index contributed by atoms with van der Waals surface area (Å²) in [6, 6.07) is 9.15. The second-order valence-corrected chi connectivity index (χ2v) is 6.96. The van der Waals surface area contributed by atoms with Gasteiger partial charge in [-0.25, -0.2) is 18.4 Å². The maximum absolute atomic E-state index is 13.8. The van der Waals surface area contributed by atoms with Crippen molar-refractivity contribution in [3.8, 4) is 0 Å². The van der Waals surface area contributed by atoms with Crippen molar-refractivity contribution in [2.75, 3.05) is 16.0 Å². The van der Waals surface area contributed by atoms with Crippen LogP contribution in [0.2, 0.25) is 0 Å². The van der Waals surface area contributed by atoms with Crippen molar-refractivity contribution in [3.05, 3.63) is 64.5 Å². The lowest BCUT2D eigenvalue weighted by atomic mass is 10.1. The molecular formula is C21H19F2N3O3. The minimum absolute atomic E-state index is 0.0596. The van der Waals surface area contributed by atoms with Crippen molar-refractivity contribution in [3.63, 3.8) is 0 Å². The number of amides is 2. The van der Waals surface area contributed by atoms with E-state index in [1.54, 1.807) is 24.3 Å². The van der Waals surface area contributed by atoms with Gasteiger partial charge in [-0.15, -0.1) is 0 Å². The predicted molar refractivity (Wildman–Crippen MR) is 107 cm³/mol. The highest BCUT2D eigenvalue weighted by atomic mass is 19.1. The molecule has 0 bridgehead atoms. The number of para-hydroxylation sites is 1. The number of nitrogens with one attached hydrogen (secondary N) is 3. The van der Waals surface area contributed by atoms with Crippen molar-refractivity contribution < 1.29 is 18.0 Å². The Morgan fingerprint density at radius 3 is 2.52 bits per heavy atom. The Hall–Kier alpha value is -3.42. The molecule has 1 aliphatic rings. The van der Waals surface area contributed by atoms with Crippen molar-refractivity contribution >= 4 is 34.1 Å². The predicted octanol–water partition coefficient (Wildman–Crippen LogP) is 5.07. The van der Waals surface area contributed by atoms with Crippen molar-refractivity contribution in [2.45, 2.75) is 31.7 Å². The second kappa shape index (κ2) is 7.90. The van der Waals surface area contributed by atoms with Gasteiger partial charge in [0.1, 0.15) is 17.2 Å². The molecule has 0 atom stereocenters. The Labute approximate surface area is 164 Å². The van der Waals surface area contributed by atoms with Gasteiger partial charge in [0.15, 0.2) is 5.69 Å². The molecule has 8 heteroatoms. The quantitative estimate of drug-likeness (QED) is 0.535. The normalized spacial score (nSPS) is 14.1. The smallest absolute Gasteiger partial charge is 0.362 e. The molecule has 1 aliphatic carbocycles. The number of halogens is 2. The lowest BCUT2D eigenvalue weighted by Gasteiger charge is -2.18. The third-order valence-electron chi connectivity index (χ3n) is 4.93. The lowest BCUT2D eigenvalue weighted by Crippen LogP contribution is -2.26. The fourth-order valence-corrected chi connectivity index (χ4v) is 3.55. The maximum atomic E-state index is 13.8. The molecule has 150 valence electrons. The van der Waals surface area contributed by atoms with E-state index >= 15 is 0 Å². The van der Waals surface area contributed by atoms with Crippen LogP contribution in [0.1, 0.15) is 25.7 Å². The molecule has 3 N–H and O–H groups in total. The summed E-state index contributed by atoms with van der Waals surface area (Å²) in [6.07, 6.45) is 4.09. The zero-order valence-corrected chi connectivity index (χ0v) is 15.4. The van der Waals surface area contributed by atoms with E-state index in [0.717, 1.165) is 37.8 Å². The molecule has 0 aliphatic heterocycles. The summed E-state index contributed by atoms with van der Waals surface area (Å²) >= 11 is 0. The average molecular weight is 399 g/mol. The Kier molecular flexibility index (Phi) is 5.16. The van der Waals surface area contributed by atoms with Crippen LogP contribution in [0, 0.1) is 11.6 Å². The number of benzene rings is 2. The fraction of sp³-hybridized carbons (Fsp3) is 0.238. The van der Waals surface area contributed by atoms with Gasteiger partial charge >= 0.3 is 11.7 Å². The summed E-state index contributed by atoms with van der Waals surface area (Å²) in [5.74, 6) is -1.68. The molecule has 0 spiro atoms. The highest BCUT2D eigenvalue weighted by Crippen LogP contribution is 2.32. The number of urea groups is 1. The van der Waals surface area contributed by atoms with E-state index in [1.807, 2.05) is 0 Å². The molecule has 6 nitrogen and oxygen atoms in total. The van der Waals surface area contributed by atoms with Crippen LogP contribution in [-0.4, -0.2) is 12.1 Å². The highest BCUT2D eigenvalue weighted by Gasteiger charge is 2.22. The van der Waals surface area contributed by atoms with Gasteiger partial charge in [0.25, 0.3) is 0 Å². The van der Waals surface area contributed by atoms with E-state index < -0.39 is 23.3 Å². The average Bonchev–Trinajstić information content (AvgIpc) is 3.20. The Morgan fingerprint density at radius 2 is 1.76 bits per heavy atom. The summed E-state index contributed by atoms with van der Waals surface area (Å²) in [4.78, 5) is 25.0. The first-order valence-electron chi connectivity index (χ1n) is 9.37. The van der Waals surface area contributed by atoms with Crippen LogP contribution in [0.4, 0.5) is 30.6 Å². The topological polar surface area (TPSA) is 83.4 Å². The second-order valence-electron chi connectivity index (χ2n) is 6.96. The first kappa shape index (κ1) is 18.9. The molecule has 4 rings (SSSR count). The van der Waals surface area contributed by atoms with Crippen LogP contribution in [0.3, 0.4) is 0 Å². The number of carbonyl (C=O) groups excluding carboxylic acids is 1. The maximum Gasteiger partial charge on any atom is 0.362 e. The lowest BCUT2D eigenvalue weighted by molar-refractivity contribution is 0.262. The highest BCUT2D eigenvalue weighted by molar-refractivity contribution is 6.05. The van der Waals surface area contributed by atoms with E-state index in [0.29, 0.717) is 22.7 Å². The van der Waals surface area contributed by atoms with E-state index in [-0.39, 0.29) is 17.4 Å². The van der Waals surface area contributed by atoms with Crippen LogP contribution in [-0.2, 0) is 0 Å². The van der Waals surface area contributed by atoms with Crippen molar-refractivity contribution in [2.24, 2.45) is 0 Å². The van der Waals surface area contributed by atoms with Crippen molar-refractivity contribution in [1.29, 1.82) is 0 Å². The van der Waals surface area contributed by atoms with Crippen LogP contribution in [0.25, 0.3) is 11.0 Å². The summed E-state index contributed by atoms with van der Waals surface area (Å²) in [6.45, 7) is 0. The number of rotatable bonds is 4. The number of anilines is 3. The van der Waals surface area contributed by atoms with E-state index in [1.165, 1.54) is 0 Å². The first-order valence-corrected chi connectivity index (χ1v) is 9.37. The third kappa shape index (κ3) is 4.06. The molecule has 2 amide bonds. The zero-order chi connectivity index (χ0) is 20.4. The minimum atomic E-state index is -0.921. The number of fused-ring (bicyclic) bond motifs is 1. The molecule has 1 saturated carbocycles. The molecule has 0 radical (unpaired) electrons. The van der Waals surface area contributed by atoms with E-state index in [4.69, 9.17) is 4.42 Å². The fourth-order valence-electron chi connectivity index (χ4n) is 3.55. The molecule has 0 unspecified atom stereocenters. The summed E-state index contributed by atoms with van der Waals surface area (Å²) in [5.41, 5.74) is -0.124. The van der Waals surface area contributed by atoms with Crippen LogP contribution in [0.5, 0.6) is 0 Å². The third-order valence-corrected chi connectivity index (χ3v) is 4.93. The van der Waals surface area contributed by atoms with Gasteiger partial charge < -0.3 is 15.1 Å². The zero-order valence-electron chi connectivity index (χ0n) is 15.4. The molecule has 0 saturated heterocycles. The van der Waals surface area contributed by atoms with Gasteiger partial charge in [0, 0.05) is 17.5 Å². The van der Waals surface area contributed by atoms with Gasteiger partial charge in [-0.2, -0.15) is 0 Å². The summed E-state index contributed by atoms with van der Waals surface area (Å²) in [7, 11) is 0. The molecule has 3 aromatic rings. The molecule has 1 aromatic heterocycles.